The van der Waals surface area contributed by atoms with Gasteiger partial charge in [-0.05, 0) is 49.3 Å². The number of hydrogen-bond donors (Lipinski definition) is 0. The van der Waals surface area contributed by atoms with Crippen molar-refractivity contribution in [2.45, 2.75) is 51.9 Å². The summed E-state index contributed by atoms with van der Waals surface area (Å²) in [5.74, 6) is 0.325. The number of allylic oxidation sites excluding steroid dienone is 4. The first-order valence-electron chi connectivity index (χ1n) is 5.76. The van der Waals surface area contributed by atoms with E-state index in [1.54, 1.807) is 5.57 Å². The molecule has 76 valence electrons. The van der Waals surface area contributed by atoms with Gasteiger partial charge in [-0.3, -0.25) is 4.79 Å². The van der Waals surface area contributed by atoms with Crippen LogP contribution in [0.5, 0.6) is 0 Å². The maximum atomic E-state index is 11.3. The molecule has 0 heterocycles. The molecular formula is C13H18O. The van der Waals surface area contributed by atoms with Crippen molar-refractivity contribution in [3.8, 4) is 0 Å². The summed E-state index contributed by atoms with van der Waals surface area (Å²) in [7, 11) is 0. The summed E-state index contributed by atoms with van der Waals surface area (Å²) in [6.45, 7) is 2.23. The highest BCUT2D eigenvalue weighted by Gasteiger charge is 2.24. The Morgan fingerprint density at radius 2 is 2.21 bits per heavy atom. The van der Waals surface area contributed by atoms with E-state index in [1.807, 2.05) is 6.08 Å². The maximum absolute atomic E-state index is 11.3. The largest absolute Gasteiger partial charge is 0.294 e. The molecule has 0 aromatic carbocycles. The zero-order chi connectivity index (χ0) is 9.97. The Morgan fingerprint density at radius 1 is 1.36 bits per heavy atom. The van der Waals surface area contributed by atoms with E-state index in [4.69, 9.17) is 0 Å². The lowest BCUT2D eigenvalue weighted by molar-refractivity contribution is -0.113. The Labute approximate surface area is 85.9 Å². The monoisotopic (exact) mass is 190 g/mol. The number of carbonyl (C=O) groups is 1. The van der Waals surface area contributed by atoms with Crippen LogP contribution >= 0.6 is 0 Å². The van der Waals surface area contributed by atoms with Crippen molar-refractivity contribution in [1.82, 2.24) is 0 Å². The predicted octanol–water partition coefficient (Wildman–Crippen LogP) is 3.56. The Hall–Kier alpha value is -0.850. The minimum atomic E-state index is 0.325. The number of hydrogen-bond acceptors (Lipinski definition) is 1. The summed E-state index contributed by atoms with van der Waals surface area (Å²) >= 11 is 0. The molecule has 0 radical (unpaired) electrons. The first-order chi connectivity index (χ1) is 6.81. The third-order valence-corrected chi connectivity index (χ3v) is 3.26. The fourth-order valence-corrected chi connectivity index (χ4v) is 2.50. The molecule has 0 amide bonds. The third-order valence-electron chi connectivity index (χ3n) is 3.26. The molecule has 14 heavy (non-hydrogen) atoms. The lowest BCUT2D eigenvalue weighted by Gasteiger charge is -2.19. The number of fused-ring (bicyclic) bond motifs is 1. The molecule has 0 saturated carbocycles. The van der Waals surface area contributed by atoms with Crippen LogP contribution in [0.25, 0.3) is 0 Å². The zero-order valence-electron chi connectivity index (χ0n) is 8.94. The third kappa shape index (κ3) is 1.82. The van der Waals surface area contributed by atoms with Crippen LogP contribution in [-0.4, -0.2) is 5.78 Å². The molecule has 0 aromatic rings. The van der Waals surface area contributed by atoms with Gasteiger partial charge in [0.05, 0.1) is 0 Å². The van der Waals surface area contributed by atoms with Gasteiger partial charge in [0, 0.05) is 6.42 Å². The van der Waals surface area contributed by atoms with Crippen LogP contribution in [0.15, 0.2) is 22.8 Å². The summed E-state index contributed by atoms with van der Waals surface area (Å²) in [4.78, 5) is 11.3. The van der Waals surface area contributed by atoms with Gasteiger partial charge >= 0.3 is 0 Å². The van der Waals surface area contributed by atoms with Crippen molar-refractivity contribution < 1.29 is 4.79 Å². The highest BCUT2D eigenvalue weighted by atomic mass is 16.1. The maximum Gasteiger partial charge on any atom is 0.160 e. The van der Waals surface area contributed by atoms with Crippen LogP contribution in [0.2, 0.25) is 0 Å². The van der Waals surface area contributed by atoms with Gasteiger partial charge < -0.3 is 0 Å². The molecule has 0 unspecified atom stereocenters. The normalized spacial score (nSPS) is 21.2. The van der Waals surface area contributed by atoms with E-state index in [9.17, 15) is 4.79 Å². The van der Waals surface area contributed by atoms with Gasteiger partial charge in [-0.15, -0.1) is 0 Å². The van der Waals surface area contributed by atoms with E-state index < -0.39 is 0 Å². The molecule has 1 nitrogen and oxygen atoms in total. The van der Waals surface area contributed by atoms with Gasteiger partial charge in [0.25, 0.3) is 0 Å². The van der Waals surface area contributed by atoms with E-state index in [0.29, 0.717) is 12.2 Å². The summed E-state index contributed by atoms with van der Waals surface area (Å²) in [6.07, 6.45) is 9.95. The molecule has 1 heteroatoms. The number of carbonyl (C=O) groups excluding carboxylic acids is 1. The molecule has 0 spiro atoms. The van der Waals surface area contributed by atoms with E-state index in [1.165, 1.54) is 43.3 Å². The van der Waals surface area contributed by atoms with Crippen molar-refractivity contribution in [2.24, 2.45) is 0 Å². The van der Waals surface area contributed by atoms with Crippen molar-refractivity contribution >= 4 is 5.78 Å². The van der Waals surface area contributed by atoms with Crippen molar-refractivity contribution in [1.29, 1.82) is 0 Å². The summed E-state index contributed by atoms with van der Waals surface area (Å²) in [5.41, 5.74) is 4.34. The Kier molecular flexibility index (Phi) is 2.85. The van der Waals surface area contributed by atoms with Gasteiger partial charge in [0.1, 0.15) is 0 Å². The Bertz CT molecular complexity index is 307. The molecule has 2 rings (SSSR count). The summed E-state index contributed by atoms with van der Waals surface area (Å²) < 4.78 is 0. The van der Waals surface area contributed by atoms with Crippen LogP contribution in [0.1, 0.15) is 51.9 Å². The van der Waals surface area contributed by atoms with Crippen molar-refractivity contribution in [3.63, 3.8) is 0 Å². The van der Waals surface area contributed by atoms with Crippen LogP contribution in [-0.2, 0) is 4.79 Å². The quantitative estimate of drug-likeness (QED) is 0.665. The average Bonchev–Trinajstić information content (AvgIpc) is 2.55. The number of rotatable bonds is 3. The first kappa shape index (κ1) is 9.70. The molecule has 0 bridgehead atoms. The minimum absolute atomic E-state index is 0.325. The van der Waals surface area contributed by atoms with Gasteiger partial charge in [-0.1, -0.05) is 18.9 Å². The second-order valence-corrected chi connectivity index (χ2v) is 4.35. The summed E-state index contributed by atoms with van der Waals surface area (Å²) in [5, 5.41) is 0. The van der Waals surface area contributed by atoms with Crippen molar-refractivity contribution in [3.05, 3.63) is 22.8 Å². The van der Waals surface area contributed by atoms with E-state index in [-0.39, 0.29) is 0 Å². The minimum Gasteiger partial charge on any atom is -0.294 e. The number of unbranched alkanes of at least 4 members (excludes halogenated alkanes) is 1. The van der Waals surface area contributed by atoms with E-state index >= 15 is 0 Å². The molecule has 0 atom stereocenters. The highest BCUT2D eigenvalue weighted by Crippen LogP contribution is 2.37. The van der Waals surface area contributed by atoms with Gasteiger partial charge in [0.15, 0.2) is 5.78 Å². The molecule has 0 saturated heterocycles. The molecular weight excluding hydrogens is 172 g/mol. The highest BCUT2D eigenvalue weighted by molar-refractivity contribution is 5.97. The Morgan fingerprint density at radius 3 is 3.00 bits per heavy atom. The fourth-order valence-electron chi connectivity index (χ4n) is 2.50. The Balaban J connectivity index is 2.17. The molecule has 2 aliphatic carbocycles. The fraction of sp³-hybridized carbons (Fsp3) is 0.615. The molecule has 0 aromatic heterocycles. The van der Waals surface area contributed by atoms with Gasteiger partial charge in [-0.2, -0.15) is 0 Å². The predicted molar refractivity (Wildman–Crippen MR) is 58.1 cm³/mol. The summed E-state index contributed by atoms with van der Waals surface area (Å²) in [6, 6.07) is 0. The van der Waals surface area contributed by atoms with E-state index in [0.717, 1.165) is 6.42 Å². The molecule has 2 aliphatic rings. The molecule has 0 aliphatic heterocycles. The average molecular weight is 190 g/mol. The van der Waals surface area contributed by atoms with Gasteiger partial charge in [0.2, 0.25) is 0 Å². The SMILES string of the molecule is CCCCC1=C2CC(=O)C=C2CCC1. The second-order valence-electron chi connectivity index (χ2n) is 4.35. The van der Waals surface area contributed by atoms with Crippen LogP contribution < -0.4 is 0 Å². The van der Waals surface area contributed by atoms with Crippen LogP contribution in [0, 0.1) is 0 Å². The smallest absolute Gasteiger partial charge is 0.160 e. The van der Waals surface area contributed by atoms with Crippen LogP contribution in [0.4, 0.5) is 0 Å². The molecule has 0 fully saturated rings. The number of ketones is 1. The molecule has 0 N–H and O–H groups in total. The topological polar surface area (TPSA) is 17.1 Å². The standard InChI is InChI=1S/C13H18O/c1-2-3-5-10-6-4-7-11-8-12(14)9-13(10)11/h8H,2-7,9H2,1H3. The van der Waals surface area contributed by atoms with Crippen molar-refractivity contribution in [2.75, 3.05) is 0 Å². The first-order valence-corrected chi connectivity index (χ1v) is 5.76. The van der Waals surface area contributed by atoms with Crippen LogP contribution in [0.3, 0.4) is 0 Å². The lowest BCUT2D eigenvalue weighted by atomic mass is 9.86. The van der Waals surface area contributed by atoms with Gasteiger partial charge in [-0.25, -0.2) is 0 Å². The second kappa shape index (κ2) is 4.12. The van der Waals surface area contributed by atoms with E-state index in [2.05, 4.69) is 6.92 Å². The zero-order valence-corrected chi connectivity index (χ0v) is 8.94. The lowest BCUT2D eigenvalue weighted by Crippen LogP contribution is -2.00.